The molecule has 0 saturated carbocycles. The molecule has 0 aliphatic rings. The summed E-state index contributed by atoms with van der Waals surface area (Å²) in [7, 11) is 0. The smallest absolute Gasteiger partial charge is 0.269 e. The van der Waals surface area contributed by atoms with E-state index >= 15 is 0 Å². The predicted octanol–water partition coefficient (Wildman–Crippen LogP) is 2.60. The van der Waals surface area contributed by atoms with Crippen LogP contribution in [0.15, 0.2) is 36.9 Å². The van der Waals surface area contributed by atoms with Crippen molar-refractivity contribution in [1.29, 1.82) is 0 Å². The number of nitrogens with zero attached hydrogens (tertiary/aromatic N) is 1. The molecular formula is C12H16N2O2S. The molecule has 1 aromatic rings. The van der Waals surface area contributed by atoms with E-state index in [0.29, 0.717) is 0 Å². The molecule has 0 aliphatic carbocycles. The standard InChI is InChI=1S/C12H16N2O2S/c1-2-8-17-9-7-13-10-11-3-5-12(6-4-11)14(15)16/h2-6,13H,1,7-10H2. The maximum atomic E-state index is 10.5. The highest BCUT2D eigenvalue weighted by molar-refractivity contribution is 7.99. The largest absolute Gasteiger partial charge is 0.312 e. The lowest BCUT2D eigenvalue weighted by molar-refractivity contribution is -0.384. The minimum atomic E-state index is -0.386. The van der Waals surface area contributed by atoms with Crippen molar-refractivity contribution in [3.63, 3.8) is 0 Å². The van der Waals surface area contributed by atoms with Gasteiger partial charge >= 0.3 is 0 Å². The van der Waals surface area contributed by atoms with Crippen molar-refractivity contribution in [2.75, 3.05) is 18.1 Å². The number of hydrogen-bond acceptors (Lipinski definition) is 4. The van der Waals surface area contributed by atoms with E-state index in [2.05, 4.69) is 11.9 Å². The van der Waals surface area contributed by atoms with E-state index in [9.17, 15) is 10.1 Å². The molecule has 0 amide bonds. The van der Waals surface area contributed by atoms with Crippen molar-refractivity contribution < 1.29 is 4.92 Å². The van der Waals surface area contributed by atoms with Crippen LogP contribution in [0.4, 0.5) is 5.69 Å². The highest BCUT2D eigenvalue weighted by Crippen LogP contribution is 2.11. The van der Waals surface area contributed by atoms with Crippen molar-refractivity contribution in [3.8, 4) is 0 Å². The lowest BCUT2D eigenvalue weighted by Gasteiger charge is -2.04. The minimum Gasteiger partial charge on any atom is -0.312 e. The molecule has 17 heavy (non-hydrogen) atoms. The van der Waals surface area contributed by atoms with Gasteiger partial charge in [-0.1, -0.05) is 18.2 Å². The summed E-state index contributed by atoms with van der Waals surface area (Å²) in [4.78, 5) is 10.1. The fourth-order valence-corrected chi connectivity index (χ4v) is 1.90. The summed E-state index contributed by atoms with van der Waals surface area (Å²) in [6, 6.07) is 6.62. The molecule has 0 heterocycles. The van der Waals surface area contributed by atoms with Crippen molar-refractivity contribution in [2.24, 2.45) is 0 Å². The maximum Gasteiger partial charge on any atom is 0.269 e. The first-order valence-electron chi connectivity index (χ1n) is 5.36. The Hall–Kier alpha value is -1.33. The number of thioether (sulfide) groups is 1. The fourth-order valence-electron chi connectivity index (χ4n) is 1.28. The van der Waals surface area contributed by atoms with Crippen LogP contribution in [0.5, 0.6) is 0 Å². The van der Waals surface area contributed by atoms with E-state index in [-0.39, 0.29) is 10.6 Å². The Kier molecular flexibility index (Phi) is 6.35. The molecule has 1 aromatic carbocycles. The van der Waals surface area contributed by atoms with Gasteiger partial charge in [0.25, 0.3) is 5.69 Å². The Balaban J connectivity index is 2.23. The summed E-state index contributed by atoms with van der Waals surface area (Å²) in [5.41, 5.74) is 1.19. The van der Waals surface area contributed by atoms with Crippen LogP contribution in [0.3, 0.4) is 0 Å². The topological polar surface area (TPSA) is 55.2 Å². The third-order valence-corrected chi connectivity index (χ3v) is 3.10. The van der Waals surface area contributed by atoms with Crippen molar-refractivity contribution in [3.05, 3.63) is 52.6 Å². The van der Waals surface area contributed by atoms with Gasteiger partial charge in [0.2, 0.25) is 0 Å². The molecular weight excluding hydrogens is 236 g/mol. The van der Waals surface area contributed by atoms with Gasteiger partial charge in [-0.3, -0.25) is 10.1 Å². The van der Waals surface area contributed by atoms with Gasteiger partial charge in [-0.2, -0.15) is 11.8 Å². The molecule has 0 radical (unpaired) electrons. The van der Waals surface area contributed by atoms with E-state index in [0.717, 1.165) is 30.2 Å². The zero-order valence-electron chi connectivity index (χ0n) is 9.59. The third kappa shape index (κ3) is 5.51. The molecule has 0 fully saturated rings. The average molecular weight is 252 g/mol. The van der Waals surface area contributed by atoms with Gasteiger partial charge in [0, 0.05) is 36.7 Å². The lowest BCUT2D eigenvalue weighted by atomic mass is 10.2. The highest BCUT2D eigenvalue weighted by atomic mass is 32.2. The summed E-state index contributed by atoms with van der Waals surface area (Å²) >= 11 is 1.82. The monoisotopic (exact) mass is 252 g/mol. The van der Waals surface area contributed by atoms with Crippen LogP contribution in [0, 0.1) is 10.1 Å². The molecule has 0 spiro atoms. The molecule has 5 heteroatoms. The first-order valence-corrected chi connectivity index (χ1v) is 6.52. The second kappa shape index (κ2) is 7.86. The number of non-ortho nitro benzene ring substituents is 1. The van der Waals surface area contributed by atoms with Gasteiger partial charge in [-0.25, -0.2) is 0 Å². The number of nitro groups is 1. The second-order valence-electron chi connectivity index (χ2n) is 3.46. The van der Waals surface area contributed by atoms with E-state index in [1.165, 1.54) is 12.1 Å². The summed E-state index contributed by atoms with van der Waals surface area (Å²) in [5, 5.41) is 13.7. The normalized spacial score (nSPS) is 10.1. The van der Waals surface area contributed by atoms with Crippen molar-refractivity contribution in [2.45, 2.75) is 6.54 Å². The minimum absolute atomic E-state index is 0.135. The fraction of sp³-hybridized carbons (Fsp3) is 0.333. The van der Waals surface area contributed by atoms with E-state index in [4.69, 9.17) is 0 Å². The van der Waals surface area contributed by atoms with Crippen molar-refractivity contribution in [1.82, 2.24) is 5.32 Å². The van der Waals surface area contributed by atoms with Crippen LogP contribution in [0.25, 0.3) is 0 Å². The zero-order valence-corrected chi connectivity index (χ0v) is 10.4. The molecule has 4 nitrogen and oxygen atoms in total. The number of hydrogen-bond donors (Lipinski definition) is 1. The first kappa shape index (κ1) is 13.7. The van der Waals surface area contributed by atoms with Gasteiger partial charge in [-0.15, -0.1) is 6.58 Å². The van der Waals surface area contributed by atoms with Crippen LogP contribution >= 0.6 is 11.8 Å². The van der Waals surface area contributed by atoms with Gasteiger partial charge in [-0.05, 0) is 5.56 Å². The lowest BCUT2D eigenvalue weighted by Crippen LogP contribution is -2.16. The van der Waals surface area contributed by atoms with Gasteiger partial charge in [0.15, 0.2) is 0 Å². The number of nitro benzene ring substituents is 1. The quantitative estimate of drug-likeness (QED) is 0.334. The Labute approximate surface area is 105 Å². The maximum absolute atomic E-state index is 10.5. The van der Waals surface area contributed by atoms with Crippen LogP contribution in [-0.4, -0.2) is 23.0 Å². The molecule has 0 atom stereocenters. The van der Waals surface area contributed by atoms with E-state index in [1.54, 1.807) is 12.1 Å². The third-order valence-electron chi connectivity index (χ3n) is 2.14. The summed E-state index contributed by atoms with van der Waals surface area (Å²) in [6.45, 7) is 5.32. The molecule has 0 unspecified atom stereocenters. The predicted molar refractivity (Wildman–Crippen MR) is 72.3 cm³/mol. The highest BCUT2D eigenvalue weighted by Gasteiger charge is 2.03. The Bertz CT molecular complexity index is 365. The SMILES string of the molecule is C=CCSCCNCc1ccc([N+](=O)[O-])cc1. The molecule has 1 N–H and O–H groups in total. The van der Waals surface area contributed by atoms with Crippen LogP contribution < -0.4 is 5.32 Å². The Morgan fingerprint density at radius 1 is 1.41 bits per heavy atom. The van der Waals surface area contributed by atoms with E-state index < -0.39 is 0 Å². The Morgan fingerprint density at radius 3 is 2.71 bits per heavy atom. The summed E-state index contributed by atoms with van der Waals surface area (Å²) in [5.74, 6) is 2.01. The average Bonchev–Trinajstić information content (AvgIpc) is 2.34. The van der Waals surface area contributed by atoms with Gasteiger partial charge in [0.1, 0.15) is 0 Å². The molecule has 92 valence electrons. The molecule has 0 aliphatic heterocycles. The van der Waals surface area contributed by atoms with Gasteiger partial charge in [0.05, 0.1) is 4.92 Å². The summed E-state index contributed by atoms with van der Waals surface area (Å²) in [6.07, 6.45) is 1.89. The first-order chi connectivity index (χ1) is 8.24. The Morgan fingerprint density at radius 2 is 2.12 bits per heavy atom. The van der Waals surface area contributed by atoms with Crippen LogP contribution in [-0.2, 0) is 6.54 Å². The molecule has 1 rings (SSSR count). The molecule has 0 bridgehead atoms. The molecule has 0 aromatic heterocycles. The zero-order chi connectivity index (χ0) is 12.5. The number of nitrogens with one attached hydrogen (secondary N) is 1. The molecule has 0 saturated heterocycles. The second-order valence-corrected chi connectivity index (χ2v) is 4.61. The van der Waals surface area contributed by atoms with E-state index in [1.807, 2.05) is 17.8 Å². The summed E-state index contributed by atoms with van der Waals surface area (Å²) < 4.78 is 0. The van der Waals surface area contributed by atoms with Crippen molar-refractivity contribution >= 4 is 17.4 Å². The van der Waals surface area contributed by atoms with Gasteiger partial charge < -0.3 is 5.32 Å². The van der Waals surface area contributed by atoms with Crippen LogP contribution in [0.2, 0.25) is 0 Å². The number of benzene rings is 1. The van der Waals surface area contributed by atoms with Crippen LogP contribution in [0.1, 0.15) is 5.56 Å². The number of rotatable bonds is 8.